The first-order valence-corrected chi connectivity index (χ1v) is 6.01. The number of hydrogen-bond acceptors (Lipinski definition) is 3. The molecule has 0 atom stereocenters. The van der Waals surface area contributed by atoms with Gasteiger partial charge in [0, 0.05) is 17.9 Å². The Morgan fingerprint density at radius 3 is 2.65 bits per heavy atom. The molecule has 92 valence electrons. The maximum atomic E-state index is 11.9. The molecular formula is C13H15ClO3. The van der Waals surface area contributed by atoms with E-state index < -0.39 is 5.97 Å². The van der Waals surface area contributed by atoms with Crippen LogP contribution in [-0.4, -0.2) is 24.2 Å². The van der Waals surface area contributed by atoms with E-state index in [1.807, 2.05) is 0 Å². The van der Waals surface area contributed by atoms with Crippen LogP contribution in [-0.2, 0) is 4.74 Å². The first-order chi connectivity index (χ1) is 8.11. The van der Waals surface area contributed by atoms with Gasteiger partial charge in [0.15, 0.2) is 5.78 Å². The first kappa shape index (κ1) is 13.7. The lowest BCUT2D eigenvalue weighted by Crippen LogP contribution is -2.13. The molecule has 0 heterocycles. The largest absolute Gasteiger partial charge is 0.462 e. The molecule has 4 heteroatoms. The number of Topliss-reactive ketones (excluding diaryl/α,β-unsaturated/α-hetero) is 1. The smallest absolute Gasteiger partial charge is 0.338 e. The van der Waals surface area contributed by atoms with Gasteiger partial charge in [-0.25, -0.2) is 4.79 Å². The Kier molecular flexibility index (Phi) is 5.16. The minimum Gasteiger partial charge on any atom is -0.462 e. The number of hydrogen-bond donors (Lipinski definition) is 0. The average Bonchev–Trinajstić information content (AvgIpc) is 2.29. The fraction of sp³-hybridized carbons (Fsp3) is 0.385. The zero-order chi connectivity index (χ0) is 12.8. The Bertz CT molecular complexity index is 427. The first-order valence-electron chi connectivity index (χ1n) is 5.47. The highest BCUT2D eigenvalue weighted by Gasteiger charge is 2.19. The minimum atomic E-state index is -0.464. The minimum absolute atomic E-state index is 0.124. The van der Waals surface area contributed by atoms with Gasteiger partial charge in [0.25, 0.3) is 0 Å². The van der Waals surface area contributed by atoms with Gasteiger partial charge in [0.2, 0.25) is 0 Å². The fourth-order valence-electron chi connectivity index (χ4n) is 1.63. The van der Waals surface area contributed by atoms with Crippen molar-refractivity contribution in [2.24, 2.45) is 0 Å². The molecule has 0 amide bonds. The molecule has 0 saturated carbocycles. The van der Waals surface area contributed by atoms with Gasteiger partial charge < -0.3 is 4.74 Å². The van der Waals surface area contributed by atoms with Crippen LogP contribution in [0, 0.1) is 6.92 Å². The van der Waals surface area contributed by atoms with E-state index in [0.29, 0.717) is 11.1 Å². The number of aryl methyl sites for hydroxylation is 1. The van der Waals surface area contributed by atoms with Gasteiger partial charge in [-0.05, 0) is 25.5 Å². The number of carbonyl (C=O) groups is 2. The lowest BCUT2D eigenvalue weighted by molar-refractivity contribution is 0.0523. The van der Waals surface area contributed by atoms with Gasteiger partial charge >= 0.3 is 5.97 Å². The van der Waals surface area contributed by atoms with Crippen molar-refractivity contribution >= 4 is 23.4 Å². The summed E-state index contributed by atoms with van der Waals surface area (Å²) in [6.45, 7) is 3.81. The SMILES string of the molecule is CCOC(=O)c1cccc(C)c1C(=O)CCCl. The molecule has 0 bridgehead atoms. The highest BCUT2D eigenvalue weighted by atomic mass is 35.5. The summed E-state index contributed by atoms with van der Waals surface area (Å²) in [4.78, 5) is 23.6. The van der Waals surface area contributed by atoms with Crippen molar-refractivity contribution in [3.8, 4) is 0 Å². The number of benzene rings is 1. The van der Waals surface area contributed by atoms with Crippen LogP contribution >= 0.6 is 11.6 Å². The number of ether oxygens (including phenoxy) is 1. The van der Waals surface area contributed by atoms with Gasteiger partial charge in [0.1, 0.15) is 0 Å². The molecule has 17 heavy (non-hydrogen) atoms. The second-order valence-electron chi connectivity index (χ2n) is 3.58. The second-order valence-corrected chi connectivity index (χ2v) is 3.96. The van der Waals surface area contributed by atoms with Gasteiger partial charge in [-0.2, -0.15) is 0 Å². The molecular weight excluding hydrogens is 240 g/mol. The molecule has 0 aliphatic carbocycles. The number of rotatable bonds is 5. The van der Waals surface area contributed by atoms with Crippen molar-refractivity contribution in [3.63, 3.8) is 0 Å². The molecule has 0 N–H and O–H groups in total. The number of esters is 1. The van der Waals surface area contributed by atoms with E-state index in [4.69, 9.17) is 16.3 Å². The maximum Gasteiger partial charge on any atom is 0.338 e. The lowest BCUT2D eigenvalue weighted by Gasteiger charge is -2.10. The Balaban J connectivity index is 3.17. The van der Waals surface area contributed by atoms with Crippen molar-refractivity contribution in [1.29, 1.82) is 0 Å². The van der Waals surface area contributed by atoms with Crippen LogP contribution in [0.2, 0.25) is 0 Å². The van der Waals surface area contributed by atoms with E-state index in [2.05, 4.69) is 0 Å². The van der Waals surface area contributed by atoms with E-state index in [1.54, 1.807) is 32.0 Å². The number of ketones is 1. The van der Waals surface area contributed by atoms with Gasteiger partial charge in [-0.1, -0.05) is 12.1 Å². The highest BCUT2D eigenvalue weighted by Crippen LogP contribution is 2.17. The lowest BCUT2D eigenvalue weighted by atomic mass is 9.97. The second kappa shape index (κ2) is 6.40. The van der Waals surface area contributed by atoms with Crippen molar-refractivity contribution in [2.45, 2.75) is 20.3 Å². The molecule has 0 aliphatic rings. The third kappa shape index (κ3) is 3.30. The fourth-order valence-corrected chi connectivity index (χ4v) is 1.80. The molecule has 0 unspecified atom stereocenters. The summed E-state index contributed by atoms with van der Waals surface area (Å²) < 4.78 is 4.93. The zero-order valence-electron chi connectivity index (χ0n) is 9.96. The van der Waals surface area contributed by atoms with Crippen LogP contribution < -0.4 is 0 Å². The molecule has 1 rings (SSSR count). The quantitative estimate of drug-likeness (QED) is 0.461. The Morgan fingerprint density at radius 2 is 2.06 bits per heavy atom. The van der Waals surface area contributed by atoms with Crippen molar-refractivity contribution in [3.05, 3.63) is 34.9 Å². The van der Waals surface area contributed by atoms with Crippen molar-refractivity contribution in [2.75, 3.05) is 12.5 Å². The van der Waals surface area contributed by atoms with Crippen LogP contribution in [0.25, 0.3) is 0 Å². The molecule has 0 fully saturated rings. The summed E-state index contributed by atoms with van der Waals surface area (Å²) in [5.74, 6) is -0.342. The topological polar surface area (TPSA) is 43.4 Å². The Morgan fingerprint density at radius 1 is 1.35 bits per heavy atom. The van der Waals surface area contributed by atoms with E-state index in [0.717, 1.165) is 5.56 Å². The van der Waals surface area contributed by atoms with E-state index in [1.165, 1.54) is 0 Å². The predicted molar refractivity (Wildman–Crippen MR) is 66.8 cm³/mol. The summed E-state index contributed by atoms with van der Waals surface area (Å²) >= 11 is 5.55. The summed E-state index contributed by atoms with van der Waals surface area (Å²) in [7, 11) is 0. The van der Waals surface area contributed by atoms with Crippen LogP contribution in [0.5, 0.6) is 0 Å². The molecule has 3 nitrogen and oxygen atoms in total. The van der Waals surface area contributed by atoms with Crippen molar-refractivity contribution < 1.29 is 14.3 Å². The zero-order valence-corrected chi connectivity index (χ0v) is 10.7. The molecule has 0 aromatic heterocycles. The van der Waals surface area contributed by atoms with Gasteiger partial charge in [-0.15, -0.1) is 11.6 Å². The predicted octanol–water partition coefficient (Wildman–Crippen LogP) is 2.98. The van der Waals surface area contributed by atoms with E-state index >= 15 is 0 Å². The highest BCUT2D eigenvalue weighted by molar-refractivity contribution is 6.20. The van der Waals surface area contributed by atoms with Crippen molar-refractivity contribution in [1.82, 2.24) is 0 Å². The summed E-state index contributed by atoms with van der Waals surface area (Å²) in [5.41, 5.74) is 1.51. The van der Waals surface area contributed by atoms with Crippen LogP contribution in [0.4, 0.5) is 0 Å². The summed E-state index contributed by atoms with van der Waals surface area (Å²) in [6, 6.07) is 5.13. The van der Waals surface area contributed by atoms with E-state index in [9.17, 15) is 9.59 Å². The van der Waals surface area contributed by atoms with E-state index in [-0.39, 0.29) is 24.7 Å². The summed E-state index contributed by atoms with van der Waals surface area (Å²) in [5, 5.41) is 0. The normalized spacial score (nSPS) is 10.1. The standard InChI is InChI=1S/C13H15ClO3/c1-3-17-13(16)10-6-4-5-9(2)12(10)11(15)7-8-14/h4-6H,3,7-8H2,1-2H3. The van der Waals surface area contributed by atoms with Gasteiger partial charge in [-0.3, -0.25) is 4.79 Å². The monoisotopic (exact) mass is 254 g/mol. The van der Waals surface area contributed by atoms with Crippen LogP contribution in [0.3, 0.4) is 0 Å². The van der Waals surface area contributed by atoms with Gasteiger partial charge in [0.05, 0.1) is 12.2 Å². The Labute approximate surface area is 106 Å². The average molecular weight is 255 g/mol. The van der Waals surface area contributed by atoms with Crippen LogP contribution in [0.1, 0.15) is 39.6 Å². The van der Waals surface area contributed by atoms with Crippen LogP contribution in [0.15, 0.2) is 18.2 Å². The number of halogens is 1. The molecule has 0 saturated heterocycles. The number of carbonyl (C=O) groups excluding carboxylic acids is 2. The molecule has 0 spiro atoms. The number of alkyl halides is 1. The maximum absolute atomic E-state index is 11.9. The molecule has 0 aliphatic heterocycles. The molecule has 1 aromatic carbocycles. The molecule has 1 aromatic rings. The third-order valence-electron chi connectivity index (χ3n) is 2.37. The summed E-state index contributed by atoms with van der Waals surface area (Å²) in [6.07, 6.45) is 0.221. The Hall–Kier alpha value is -1.35. The molecule has 0 radical (unpaired) electrons. The third-order valence-corrected chi connectivity index (χ3v) is 2.56.